The first-order valence-electron chi connectivity index (χ1n) is 12.3. The first-order valence-corrected chi connectivity index (χ1v) is 12.7. The molecule has 0 aliphatic rings. The second-order valence-electron chi connectivity index (χ2n) is 8.88. The lowest BCUT2D eigenvalue weighted by atomic mass is 9.88. The molecular formula is C29H37ClN2O3. The van der Waals surface area contributed by atoms with E-state index in [-0.39, 0.29) is 24.9 Å². The van der Waals surface area contributed by atoms with Crippen LogP contribution in [-0.2, 0) is 27.2 Å². The molecule has 0 spiro atoms. The third kappa shape index (κ3) is 8.93. The lowest BCUT2D eigenvalue weighted by Gasteiger charge is -2.28. The molecule has 0 fully saturated rings. The molecule has 0 N–H and O–H groups in total. The van der Waals surface area contributed by atoms with Crippen molar-refractivity contribution in [2.45, 2.75) is 57.8 Å². The minimum atomic E-state index is -0.0216. The number of halogens is 1. The average Bonchev–Trinajstić information content (AvgIpc) is 3.35. The SMILES string of the molecule is C=CC[C@@H](OCCCOCOCc1ccccc1)[C@H](Cc1ccc(Cl)cc1)c1ccnn1C(C)C. The Bertz CT molecular complexity index is 989. The molecule has 0 aliphatic heterocycles. The van der Waals surface area contributed by atoms with Gasteiger partial charge in [0.2, 0.25) is 0 Å². The van der Waals surface area contributed by atoms with Gasteiger partial charge in [-0.05, 0) is 62.4 Å². The van der Waals surface area contributed by atoms with E-state index in [1.807, 2.05) is 54.7 Å². The zero-order chi connectivity index (χ0) is 24.9. The van der Waals surface area contributed by atoms with Gasteiger partial charge in [-0.2, -0.15) is 5.10 Å². The molecule has 0 amide bonds. The molecule has 2 aromatic carbocycles. The molecule has 1 heterocycles. The fourth-order valence-corrected chi connectivity index (χ4v) is 4.24. The maximum absolute atomic E-state index is 6.42. The third-order valence-electron chi connectivity index (χ3n) is 5.83. The number of benzene rings is 2. The summed E-state index contributed by atoms with van der Waals surface area (Å²) in [6.45, 7) is 10.3. The molecule has 3 aromatic rings. The number of hydrogen-bond donors (Lipinski definition) is 0. The molecule has 0 saturated carbocycles. The zero-order valence-corrected chi connectivity index (χ0v) is 21.6. The van der Waals surface area contributed by atoms with Crippen LogP contribution in [0.4, 0.5) is 0 Å². The summed E-state index contributed by atoms with van der Waals surface area (Å²) in [4.78, 5) is 0. The van der Waals surface area contributed by atoms with Gasteiger partial charge < -0.3 is 14.2 Å². The highest BCUT2D eigenvalue weighted by atomic mass is 35.5. The maximum Gasteiger partial charge on any atom is 0.147 e. The van der Waals surface area contributed by atoms with Gasteiger partial charge >= 0.3 is 0 Å². The summed E-state index contributed by atoms with van der Waals surface area (Å²) in [5.41, 5.74) is 3.53. The normalized spacial score (nSPS) is 13.1. The van der Waals surface area contributed by atoms with Crippen molar-refractivity contribution in [1.82, 2.24) is 9.78 Å². The predicted octanol–water partition coefficient (Wildman–Crippen LogP) is 6.99. The topological polar surface area (TPSA) is 45.5 Å². The Morgan fingerprint density at radius 3 is 2.46 bits per heavy atom. The van der Waals surface area contributed by atoms with Gasteiger partial charge in [-0.25, -0.2) is 0 Å². The second kappa shape index (κ2) is 14.8. The third-order valence-corrected chi connectivity index (χ3v) is 6.08. The van der Waals surface area contributed by atoms with Crippen molar-refractivity contribution < 1.29 is 14.2 Å². The minimum Gasteiger partial charge on any atom is -0.377 e. The summed E-state index contributed by atoms with van der Waals surface area (Å²) >= 11 is 6.12. The summed E-state index contributed by atoms with van der Waals surface area (Å²) in [6.07, 6.45) is 6.16. The first kappa shape index (κ1) is 27.2. The van der Waals surface area contributed by atoms with Crippen molar-refractivity contribution in [2.24, 2.45) is 0 Å². The van der Waals surface area contributed by atoms with E-state index in [2.05, 4.69) is 48.4 Å². The molecule has 2 atom stereocenters. The van der Waals surface area contributed by atoms with E-state index >= 15 is 0 Å². The van der Waals surface area contributed by atoms with Crippen molar-refractivity contribution in [1.29, 1.82) is 0 Å². The van der Waals surface area contributed by atoms with Gasteiger partial charge in [0.1, 0.15) is 6.79 Å². The number of nitrogens with zero attached hydrogens (tertiary/aromatic N) is 2. The molecular weight excluding hydrogens is 460 g/mol. The van der Waals surface area contributed by atoms with Crippen molar-refractivity contribution in [2.75, 3.05) is 20.0 Å². The van der Waals surface area contributed by atoms with Crippen LogP contribution >= 0.6 is 11.6 Å². The monoisotopic (exact) mass is 496 g/mol. The van der Waals surface area contributed by atoms with Gasteiger partial charge in [-0.1, -0.05) is 60.1 Å². The number of ether oxygens (including phenoxy) is 3. The Balaban J connectivity index is 1.55. The van der Waals surface area contributed by atoms with Crippen molar-refractivity contribution in [3.63, 3.8) is 0 Å². The lowest BCUT2D eigenvalue weighted by Crippen LogP contribution is -2.27. The largest absolute Gasteiger partial charge is 0.377 e. The van der Waals surface area contributed by atoms with Gasteiger partial charge in [-0.15, -0.1) is 6.58 Å². The molecule has 6 heteroatoms. The molecule has 5 nitrogen and oxygen atoms in total. The Morgan fingerprint density at radius 2 is 1.74 bits per heavy atom. The maximum atomic E-state index is 6.42. The predicted molar refractivity (Wildman–Crippen MR) is 142 cm³/mol. The van der Waals surface area contributed by atoms with E-state index in [1.165, 1.54) is 11.3 Å². The van der Waals surface area contributed by atoms with Crippen LogP contribution in [0, 0.1) is 0 Å². The minimum absolute atomic E-state index is 0.0216. The van der Waals surface area contributed by atoms with E-state index < -0.39 is 0 Å². The Kier molecular flexibility index (Phi) is 11.5. The highest BCUT2D eigenvalue weighted by Crippen LogP contribution is 2.30. The second-order valence-corrected chi connectivity index (χ2v) is 9.32. The number of rotatable bonds is 16. The number of hydrogen-bond acceptors (Lipinski definition) is 4. The summed E-state index contributed by atoms with van der Waals surface area (Å²) < 4.78 is 19.7. The summed E-state index contributed by atoms with van der Waals surface area (Å²) in [5, 5.41) is 5.32. The molecule has 3 rings (SSSR count). The standard InChI is InChI=1S/C29H37ClN2O3/c1-4-9-29(35-19-8-18-33-22-34-21-25-10-6-5-7-11-25)27(20-24-12-14-26(30)15-13-24)28-16-17-31-32(28)23(2)3/h4-7,10-17,23,27,29H,1,8-9,18-22H2,2-3H3/t27-,29-/m1/s1. The fourth-order valence-electron chi connectivity index (χ4n) is 4.11. The molecule has 188 valence electrons. The molecule has 0 radical (unpaired) electrons. The van der Waals surface area contributed by atoms with E-state index in [4.69, 9.17) is 25.8 Å². The van der Waals surface area contributed by atoms with Gasteiger partial charge in [-0.3, -0.25) is 4.68 Å². The molecule has 0 aliphatic carbocycles. The Labute approximate surface area is 214 Å². The fraction of sp³-hybridized carbons (Fsp3) is 0.414. The first-order chi connectivity index (χ1) is 17.1. The van der Waals surface area contributed by atoms with Crippen LogP contribution in [0.5, 0.6) is 0 Å². The van der Waals surface area contributed by atoms with Crippen LogP contribution < -0.4 is 0 Å². The van der Waals surface area contributed by atoms with Crippen LogP contribution in [0.1, 0.15) is 55.5 Å². The van der Waals surface area contributed by atoms with Crippen LogP contribution in [0.25, 0.3) is 0 Å². The van der Waals surface area contributed by atoms with Gasteiger partial charge in [0.15, 0.2) is 0 Å². The van der Waals surface area contributed by atoms with Crippen LogP contribution in [-0.4, -0.2) is 35.9 Å². The smallest absolute Gasteiger partial charge is 0.147 e. The number of aromatic nitrogens is 2. The highest BCUT2D eigenvalue weighted by molar-refractivity contribution is 6.30. The summed E-state index contributed by atoms with van der Waals surface area (Å²) in [5.74, 6) is 0.134. The van der Waals surface area contributed by atoms with E-state index in [0.29, 0.717) is 19.8 Å². The van der Waals surface area contributed by atoms with Crippen LogP contribution in [0.3, 0.4) is 0 Å². The van der Waals surface area contributed by atoms with Crippen molar-refractivity contribution in [3.05, 3.63) is 101 Å². The Hall–Kier alpha value is -2.44. The van der Waals surface area contributed by atoms with Crippen molar-refractivity contribution in [3.8, 4) is 0 Å². The molecule has 1 aromatic heterocycles. The molecule has 0 unspecified atom stereocenters. The van der Waals surface area contributed by atoms with E-state index in [1.54, 1.807) is 0 Å². The zero-order valence-electron chi connectivity index (χ0n) is 20.8. The van der Waals surface area contributed by atoms with E-state index in [9.17, 15) is 0 Å². The molecule has 35 heavy (non-hydrogen) atoms. The summed E-state index contributed by atoms with van der Waals surface area (Å²) in [6, 6.07) is 20.5. The van der Waals surface area contributed by atoms with Crippen LogP contribution in [0.2, 0.25) is 5.02 Å². The Morgan fingerprint density at radius 1 is 0.971 bits per heavy atom. The van der Waals surface area contributed by atoms with Gasteiger partial charge in [0.05, 0.1) is 19.3 Å². The summed E-state index contributed by atoms with van der Waals surface area (Å²) in [7, 11) is 0. The molecule has 0 saturated heterocycles. The van der Waals surface area contributed by atoms with Crippen LogP contribution in [0.15, 0.2) is 79.5 Å². The average molecular weight is 497 g/mol. The quantitative estimate of drug-likeness (QED) is 0.122. The van der Waals surface area contributed by atoms with Gasteiger partial charge in [0, 0.05) is 35.5 Å². The lowest BCUT2D eigenvalue weighted by molar-refractivity contribution is -0.0688. The van der Waals surface area contributed by atoms with E-state index in [0.717, 1.165) is 29.8 Å². The van der Waals surface area contributed by atoms with Gasteiger partial charge in [0.25, 0.3) is 0 Å². The molecule has 0 bridgehead atoms. The van der Waals surface area contributed by atoms with Crippen molar-refractivity contribution >= 4 is 11.6 Å². The highest BCUT2D eigenvalue weighted by Gasteiger charge is 2.27.